The largest absolute Gasteiger partial charge is 0.379 e. The van der Waals surface area contributed by atoms with Crippen molar-refractivity contribution in [3.63, 3.8) is 0 Å². The second-order valence-electron chi connectivity index (χ2n) is 4.34. The van der Waals surface area contributed by atoms with Crippen molar-refractivity contribution < 1.29 is 13.2 Å². The molecule has 0 amide bonds. The summed E-state index contributed by atoms with van der Waals surface area (Å²) < 4.78 is 32.8. The maximum atomic E-state index is 11.8. The maximum Gasteiger partial charge on any atom is 0.279 e. The van der Waals surface area contributed by atoms with E-state index in [9.17, 15) is 8.42 Å². The monoisotopic (exact) mass is 234 g/mol. The first-order chi connectivity index (χ1) is 7.09. The van der Waals surface area contributed by atoms with Gasteiger partial charge in [0.1, 0.15) is 0 Å². The summed E-state index contributed by atoms with van der Waals surface area (Å²) in [5, 5.41) is 0. The Balaban J connectivity index is 1.82. The molecule has 0 spiro atoms. The van der Waals surface area contributed by atoms with E-state index in [4.69, 9.17) is 4.74 Å². The lowest BCUT2D eigenvalue weighted by atomic mass is 10.3. The van der Waals surface area contributed by atoms with Gasteiger partial charge in [0.25, 0.3) is 10.2 Å². The minimum Gasteiger partial charge on any atom is -0.379 e. The SMILES string of the molecule is C[C@@H]1C[C@H]1CNS(=O)(=O)N1CCOCC1. The molecule has 0 aromatic rings. The lowest BCUT2D eigenvalue weighted by Gasteiger charge is -2.26. The highest BCUT2D eigenvalue weighted by atomic mass is 32.2. The number of ether oxygens (including phenoxy) is 1. The van der Waals surface area contributed by atoms with Gasteiger partial charge >= 0.3 is 0 Å². The normalized spacial score (nSPS) is 32.9. The Bertz CT molecular complexity index is 311. The average Bonchev–Trinajstić information content (AvgIpc) is 2.93. The predicted octanol–water partition coefficient (Wildman–Crippen LogP) is -0.191. The Morgan fingerprint density at radius 2 is 2.00 bits per heavy atom. The fourth-order valence-electron chi connectivity index (χ4n) is 1.77. The molecule has 2 atom stereocenters. The van der Waals surface area contributed by atoms with Crippen LogP contribution in [0.15, 0.2) is 0 Å². The molecule has 15 heavy (non-hydrogen) atoms. The average molecular weight is 234 g/mol. The molecule has 1 saturated heterocycles. The van der Waals surface area contributed by atoms with Crippen LogP contribution in [-0.4, -0.2) is 45.6 Å². The van der Waals surface area contributed by atoms with E-state index in [2.05, 4.69) is 11.6 Å². The van der Waals surface area contributed by atoms with Crippen molar-refractivity contribution in [2.45, 2.75) is 13.3 Å². The van der Waals surface area contributed by atoms with Crippen molar-refractivity contribution >= 4 is 10.2 Å². The van der Waals surface area contributed by atoms with Crippen LogP contribution in [0.4, 0.5) is 0 Å². The van der Waals surface area contributed by atoms with Gasteiger partial charge in [-0.2, -0.15) is 12.7 Å². The van der Waals surface area contributed by atoms with Crippen molar-refractivity contribution in [3.05, 3.63) is 0 Å². The van der Waals surface area contributed by atoms with Gasteiger partial charge in [-0.05, 0) is 18.3 Å². The summed E-state index contributed by atoms with van der Waals surface area (Å²) in [6.07, 6.45) is 1.14. The Labute approximate surface area is 91.0 Å². The number of hydrogen-bond acceptors (Lipinski definition) is 3. The van der Waals surface area contributed by atoms with Crippen molar-refractivity contribution in [1.82, 2.24) is 9.03 Å². The molecule has 0 radical (unpaired) electrons. The van der Waals surface area contributed by atoms with Crippen LogP contribution in [0.3, 0.4) is 0 Å². The lowest BCUT2D eigenvalue weighted by molar-refractivity contribution is 0.0725. The zero-order valence-corrected chi connectivity index (χ0v) is 9.79. The summed E-state index contributed by atoms with van der Waals surface area (Å²) in [7, 11) is -3.26. The molecule has 2 rings (SSSR count). The Kier molecular flexibility index (Phi) is 3.30. The van der Waals surface area contributed by atoms with Crippen LogP contribution in [0.25, 0.3) is 0 Å². The van der Waals surface area contributed by atoms with Crippen molar-refractivity contribution in [2.75, 3.05) is 32.8 Å². The van der Waals surface area contributed by atoms with Gasteiger partial charge in [-0.15, -0.1) is 0 Å². The van der Waals surface area contributed by atoms with Gasteiger partial charge in [-0.3, -0.25) is 0 Å². The van der Waals surface area contributed by atoms with Crippen LogP contribution in [0, 0.1) is 11.8 Å². The summed E-state index contributed by atoms with van der Waals surface area (Å²) in [6.45, 7) is 4.67. The summed E-state index contributed by atoms with van der Waals surface area (Å²) in [4.78, 5) is 0. The second kappa shape index (κ2) is 4.37. The molecule has 1 heterocycles. The third-order valence-corrected chi connectivity index (χ3v) is 4.69. The fourth-order valence-corrected chi connectivity index (χ4v) is 3.01. The summed E-state index contributed by atoms with van der Waals surface area (Å²) >= 11 is 0. The van der Waals surface area contributed by atoms with Gasteiger partial charge in [0.15, 0.2) is 0 Å². The van der Waals surface area contributed by atoms with E-state index in [1.807, 2.05) is 0 Å². The minimum atomic E-state index is -3.26. The molecule has 6 heteroatoms. The highest BCUT2D eigenvalue weighted by Gasteiger charge is 2.34. The molecule has 2 aliphatic rings. The zero-order valence-electron chi connectivity index (χ0n) is 8.98. The van der Waals surface area contributed by atoms with Crippen molar-refractivity contribution in [3.8, 4) is 0 Å². The molecule has 2 fully saturated rings. The van der Waals surface area contributed by atoms with E-state index >= 15 is 0 Å². The fraction of sp³-hybridized carbons (Fsp3) is 1.00. The van der Waals surface area contributed by atoms with E-state index in [0.717, 1.165) is 6.42 Å². The first kappa shape index (κ1) is 11.3. The Morgan fingerprint density at radius 3 is 2.53 bits per heavy atom. The van der Waals surface area contributed by atoms with E-state index in [0.29, 0.717) is 44.7 Å². The summed E-state index contributed by atoms with van der Waals surface area (Å²) in [5.41, 5.74) is 0. The van der Waals surface area contributed by atoms with Gasteiger partial charge in [0.2, 0.25) is 0 Å². The lowest BCUT2D eigenvalue weighted by Crippen LogP contribution is -2.47. The van der Waals surface area contributed by atoms with Crippen LogP contribution in [-0.2, 0) is 14.9 Å². The van der Waals surface area contributed by atoms with Crippen molar-refractivity contribution in [2.24, 2.45) is 11.8 Å². The van der Waals surface area contributed by atoms with Gasteiger partial charge in [0.05, 0.1) is 13.2 Å². The minimum absolute atomic E-state index is 0.468. The molecule has 1 N–H and O–H groups in total. The zero-order chi connectivity index (χ0) is 10.9. The first-order valence-electron chi connectivity index (χ1n) is 5.42. The third kappa shape index (κ3) is 2.90. The quantitative estimate of drug-likeness (QED) is 0.733. The molecule has 1 aliphatic heterocycles. The van der Waals surface area contributed by atoms with Crippen LogP contribution in [0.5, 0.6) is 0 Å². The molecule has 0 unspecified atom stereocenters. The molecule has 1 saturated carbocycles. The van der Waals surface area contributed by atoms with Gasteiger partial charge in [-0.1, -0.05) is 6.92 Å². The second-order valence-corrected chi connectivity index (χ2v) is 6.09. The number of rotatable bonds is 4. The van der Waals surface area contributed by atoms with E-state index in [-0.39, 0.29) is 0 Å². The van der Waals surface area contributed by atoms with Gasteiger partial charge in [0, 0.05) is 19.6 Å². The highest BCUT2D eigenvalue weighted by molar-refractivity contribution is 7.87. The summed E-state index contributed by atoms with van der Waals surface area (Å²) in [6, 6.07) is 0. The number of morpholine rings is 1. The highest BCUT2D eigenvalue weighted by Crippen LogP contribution is 2.36. The van der Waals surface area contributed by atoms with E-state index < -0.39 is 10.2 Å². The molecule has 1 aliphatic carbocycles. The summed E-state index contributed by atoms with van der Waals surface area (Å²) in [5.74, 6) is 1.22. The molecule has 0 aromatic carbocycles. The Hall–Kier alpha value is -0.170. The third-order valence-electron chi connectivity index (χ3n) is 3.11. The molecule has 0 bridgehead atoms. The molecule has 0 aromatic heterocycles. The van der Waals surface area contributed by atoms with Crippen LogP contribution < -0.4 is 4.72 Å². The van der Waals surface area contributed by atoms with Crippen LogP contribution in [0.1, 0.15) is 13.3 Å². The predicted molar refractivity (Wildman–Crippen MR) is 56.6 cm³/mol. The number of hydrogen-bond donors (Lipinski definition) is 1. The first-order valence-corrected chi connectivity index (χ1v) is 6.86. The molecule has 5 nitrogen and oxygen atoms in total. The number of nitrogens with zero attached hydrogens (tertiary/aromatic N) is 1. The van der Waals surface area contributed by atoms with E-state index in [1.54, 1.807) is 0 Å². The topological polar surface area (TPSA) is 58.6 Å². The Morgan fingerprint density at radius 1 is 1.40 bits per heavy atom. The molecule has 88 valence electrons. The molecular weight excluding hydrogens is 216 g/mol. The van der Waals surface area contributed by atoms with Gasteiger partial charge < -0.3 is 4.74 Å². The molecular formula is C9H18N2O3S. The maximum absolute atomic E-state index is 11.8. The number of nitrogens with one attached hydrogen (secondary N) is 1. The van der Waals surface area contributed by atoms with Gasteiger partial charge in [-0.25, -0.2) is 4.72 Å². The van der Waals surface area contributed by atoms with Crippen LogP contribution >= 0.6 is 0 Å². The standard InChI is InChI=1S/C9H18N2O3S/c1-8-6-9(8)7-10-15(12,13)11-2-4-14-5-3-11/h8-10H,2-7H2,1H3/t8-,9+/m1/s1. The van der Waals surface area contributed by atoms with E-state index in [1.165, 1.54) is 4.31 Å². The van der Waals surface area contributed by atoms with Crippen LogP contribution in [0.2, 0.25) is 0 Å². The smallest absolute Gasteiger partial charge is 0.279 e. The van der Waals surface area contributed by atoms with Crippen molar-refractivity contribution in [1.29, 1.82) is 0 Å².